The maximum atomic E-state index is 2.31. The van der Waals surface area contributed by atoms with Gasteiger partial charge in [-0.2, -0.15) is 0 Å². The van der Waals surface area contributed by atoms with Crippen molar-refractivity contribution in [3.05, 3.63) is 59.7 Å². The summed E-state index contributed by atoms with van der Waals surface area (Å²) in [7, 11) is 0. The zero-order chi connectivity index (χ0) is 11.4. The van der Waals surface area contributed by atoms with Gasteiger partial charge in [0.1, 0.15) is 0 Å². The third-order valence-electron chi connectivity index (χ3n) is 2.86. The van der Waals surface area contributed by atoms with E-state index in [0.717, 1.165) is 6.42 Å². The third-order valence-corrected chi connectivity index (χ3v) is 2.86. The van der Waals surface area contributed by atoms with Crippen LogP contribution in [0.25, 0.3) is 11.1 Å². The van der Waals surface area contributed by atoms with Crippen LogP contribution in [-0.4, -0.2) is 0 Å². The fourth-order valence-electron chi connectivity index (χ4n) is 2.10. The Kier molecular flexibility index (Phi) is 3.40. The fraction of sp³-hybridized carbons (Fsp3) is 0.250. The predicted molar refractivity (Wildman–Crippen MR) is 70.6 cm³/mol. The van der Waals surface area contributed by atoms with Crippen LogP contribution in [0.4, 0.5) is 0 Å². The molecule has 0 saturated carbocycles. The monoisotopic (exact) mass is 210 g/mol. The summed E-state index contributed by atoms with van der Waals surface area (Å²) in [6.07, 6.45) is 2.36. The Labute approximate surface area is 97.9 Å². The summed E-state index contributed by atoms with van der Waals surface area (Å²) >= 11 is 0. The first-order valence-corrected chi connectivity index (χ1v) is 5.96. The van der Waals surface area contributed by atoms with E-state index in [0.29, 0.717) is 0 Å². The summed E-state index contributed by atoms with van der Waals surface area (Å²) < 4.78 is 0. The quantitative estimate of drug-likeness (QED) is 0.693. The van der Waals surface area contributed by atoms with E-state index in [2.05, 4.69) is 62.4 Å². The lowest BCUT2D eigenvalue weighted by molar-refractivity contribution is 0.922. The van der Waals surface area contributed by atoms with Crippen LogP contribution in [0.1, 0.15) is 24.5 Å². The van der Waals surface area contributed by atoms with Gasteiger partial charge < -0.3 is 0 Å². The van der Waals surface area contributed by atoms with Crippen molar-refractivity contribution >= 4 is 0 Å². The molecule has 0 atom stereocenters. The lowest BCUT2D eigenvalue weighted by atomic mass is 9.95. The lowest BCUT2D eigenvalue weighted by Gasteiger charge is -2.10. The topological polar surface area (TPSA) is 0 Å². The normalized spacial score (nSPS) is 10.4. The van der Waals surface area contributed by atoms with Crippen molar-refractivity contribution in [1.29, 1.82) is 0 Å². The number of benzene rings is 2. The van der Waals surface area contributed by atoms with Gasteiger partial charge in [0.2, 0.25) is 0 Å². The average Bonchev–Trinajstić information content (AvgIpc) is 2.31. The molecule has 0 aliphatic carbocycles. The Hall–Kier alpha value is -1.56. The summed E-state index contributed by atoms with van der Waals surface area (Å²) in [6.45, 7) is 4.39. The van der Waals surface area contributed by atoms with E-state index in [1.54, 1.807) is 0 Å². The highest BCUT2D eigenvalue weighted by atomic mass is 14.1. The minimum Gasteiger partial charge on any atom is -0.0651 e. The molecule has 16 heavy (non-hydrogen) atoms. The van der Waals surface area contributed by atoms with Crippen molar-refractivity contribution in [2.75, 3.05) is 0 Å². The summed E-state index contributed by atoms with van der Waals surface area (Å²) in [5.41, 5.74) is 5.52. The average molecular weight is 210 g/mol. The molecule has 2 aromatic carbocycles. The second kappa shape index (κ2) is 4.98. The maximum absolute atomic E-state index is 2.31. The summed E-state index contributed by atoms with van der Waals surface area (Å²) in [6, 6.07) is 17.4. The highest BCUT2D eigenvalue weighted by molar-refractivity contribution is 5.67. The van der Waals surface area contributed by atoms with Gasteiger partial charge in [-0.3, -0.25) is 0 Å². The molecule has 0 N–H and O–H groups in total. The molecule has 0 heteroatoms. The van der Waals surface area contributed by atoms with Crippen LogP contribution in [-0.2, 0) is 6.42 Å². The highest BCUT2D eigenvalue weighted by Gasteiger charge is 2.03. The van der Waals surface area contributed by atoms with Crippen molar-refractivity contribution in [3.8, 4) is 11.1 Å². The van der Waals surface area contributed by atoms with E-state index >= 15 is 0 Å². The van der Waals surface area contributed by atoms with Crippen LogP contribution >= 0.6 is 0 Å². The Morgan fingerprint density at radius 3 is 2.38 bits per heavy atom. The second-order valence-electron chi connectivity index (χ2n) is 4.28. The van der Waals surface area contributed by atoms with E-state index in [9.17, 15) is 0 Å². The molecule has 0 aliphatic rings. The molecule has 0 saturated heterocycles. The molecule has 0 nitrogen and oxygen atoms in total. The molecule has 0 spiro atoms. The highest BCUT2D eigenvalue weighted by Crippen LogP contribution is 2.25. The van der Waals surface area contributed by atoms with E-state index in [1.165, 1.54) is 28.7 Å². The van der Waals surface area contributed by atoms with Crippen LogP contribution in [0.5, 0.6) is 0 Å². The minimum absolute atomic E-state index is 1.16. The van der Waals surface area contributed by atoms with Crippen molar-refractivity contribution in [3.63, 3.8) is 0 Å². The Balaban J connectivity index is 2.48. The zero-order valence-electron chi connectivity index (χ0n) is 10.0. The molecule has 0 heterocycles. The van der Waals surface area contributed by atoms with Gasteiger partial charge in [0.05, 0.1) is 0 Å². The SMILES string of the molecule is CCCc1cc(C)ccc1-c1ccccc1. The zero-order valence-corrected chi connectivity index (χ0v) is 10.0. The van der Waals surface area contributed by atoms with Gasteiger partial charge in [0, 0.05) is 0 Å². The van der Waals surface area contributed by atoms with E-state index < -0.39 is 0 Å². The molecular weight excluding hydrogens is 192 g/mol. The maximum Gasteiger partial charge on any atom is -0.0152 e. The smallest absolute Gasteiger partial charge is 0.0152 e. The first-order chi connectivity index (χ1) is 7.81. The number of rotatable bonds is 3. The minimum atomic E-state index is 1.16. The Bertz CT molecular complexity index is 455. The Morgan fingerprint density at radius 2 is 1.69 bits per heavy atom. The lowest BCUT2D eigenvalue weighted by Crippen LogP contribution is -1.90. The number of aryl methyl sites for hydroxylation is 2. The molecule has 0 aliphatic heterocycles. The molecule has 0 aromatic heterocycles. The van der Waals surface area contributed by atoms with Crippen LogP contribution in [0, 0.1) is 6.92 Å². The largest absolute Gasteiger partial charge is 0.0651 e. The number of hydrogen-bond donors (Lipinski definition) is 0. The van der Waals surface area contributed by atoms with E-state index in [4.69, 9.17) is 0 Å². The first kappa shape index (κ1) is 10.9. The van der Waals surface area contributed by atoms with Gasteiger partial charge in [-0.25, -0.2) is 0 Å². The van der Waals surface area contributed by atoms with Crippen molar-refractivity contribution < 1.29 is 0 Å². The summed E-state index contributed by atoms with van der Waals surface area (Å²) in [5, 5.41) is 0. The standard InChI is InChI=1S/C16H18/c1-3-7-15-12-13(2)10-11-16(15)14-8-5-4-6-9-14/h4-6,8-12H,3,7H2,1-2H3. The predicted octanol–water partition coefficient (Wildman–Crippen LogP) is 4.61. The summed E-state index contributed by atoms with van der Waals surface area (Å²) in [5.74, 6) is 0. The van der Waals surface area contributed by atoms with Gasteiger partial charge in [-0.1, -0.05) is 67.4 Å². The first-order valence-electron chi connectivity index (χ1n) is 5.96. The van der Waals surface area contributed by atoms with Crippen molar-refractivity contribution in [1.82, 2.24) is 0 Å². The molecule has 0 fully saturated rings. The van der Waals surface area contributed by atoms with Crippen LogP contribution in [0.3, 0.4) is 0 Å². The molecule has 2 aromatic rings. The number of hydrogen-bond acceptors (Lipinski definition) is 0. The van der Waals surface area contributed by atoms with Gasteiger partial charge in [-0.15, -0.1) is 0 Å². The Morgan fingerprint density at radius 1 is 0.938 bits per heavy atom. The molecule has 0 amide bonds. The van der Waals surface area contributed by atoms with E-state index in [-0.39, 0.29) is 0 Å². The van der Waals surface area contributed by atoms with Gasteiger partial charge >= 0.3 is 0 Å². The molecular formula is C16H18. The second-order valence-corrected chi connectivity index (χ2v) is 4.28. The molecule has 0 unspecified atom stereocenters. The summed E-state index contributed by atoms with van der Waals surface area (Å²) in [4.78, 5) is 0. The van der Waals surface area contributed by atoms with Crippen LogP contribution in [0.2, 0.25) is 0 Å². The van der Waals surface area contributed by atoms with Crippen LogP contribution in [0.15, 0.2) is 48.5 Å². The fourth-order valence-corrected chi connectivity index (χ4v) is 2.10. The van der Waals surface area contributed by atoms with Crippen molar-refractivity contribution in [2.24, 2.45) is 0 Å². The van der Waals surface area contributed by atoms with Gasteiger partial charge in [-0.05, 0) is 30.0 Å². The molecule has 2 rings (SSSR count). The molecule has 0 radical (unpaired) electrons. The van der Waals surface area contributed by atoms with Crippen molar-refractivity contribution in [2.45, 2.75) is 26.7 Å². The molecule has 82 valence electrons. The third kappa shape index (κ3) is 2.33. The van der Waals surface area contributed by atoms with Gasteiger partial charge in [0.15, 0.2) is 0 Å². The molecule has 0 bridgehead atoms. The van der Waals surface area contributed by atoms with Gasteiger partial charge in [0.25, 0.3) is 0 Å². The van der Waals surface area contributed by atoms with E-state index in [1.807, 2.05) is 0 Å². The van der Waals surface area contributed by atoms with Crippen LogP contribution < -0.4 is 0 Å².